The standard InChI is InChI=1S/C33H43N3O5S.ClH/c1-41-29-14-7-11-24(17-29)22-35-33(36-15-8-16-42(36,39)40)31(37)30(18-23-9-3-2-4-10-23)27-19-26(25-12-5-6-13-25)20-28(21-27)32(34)38;/h2-4,7,9-11,14,17,19-21,25,30-31,33,35,37,39-40H,5-6,8,12-13,15-16,18,22H2,1H3,(H2,34,38);1H/t30-,31+,33?;/m0./s1. The van der Waals surface area contributed by atoms with Crippen LogP contribution in [0.15, 0.2) is 72.8 Å². The summed E-state index contributed by atoms with van der Waals surface area (Å²) in [5.41, 5.74) is 10.1. The first-order valence-electron chi connectivity index (χ1n) is 14.8. The molecule has 2 aliphatic rings. The lowest BCUT2D eigenvalue weighted by molar-refractivity contribution is 0.0468. The van der Waals surface area contributed by atoms with E-state index in [1.54, 1.807) is 17.5 Å². The Morgan fingerprint density at radius 1 is 1.02 bits per heavy atom. The summed E-state index contributed by atoms with van der Waals surface area (Å²) >= 11 is 0. The number of primary amides is 1. The summed E-state index contributed by atoms with van der Waals surface area (Å²) in [6, 6.07) is 23.4. The van der Waals surface area contributed by atoms with Crippen LogP contribution in [0.1, 0.15) is 76.6 Å². The SMILES string of the molecule is COc1cccc(CNC([C@H](O)[C@@H](Cc2ccccc2)c2cc(C(N)=O)cc(C3CCCC3)c2)N2CCCS2(O)O)c1.Cl. The van der Waals surface area contributed by atoms with Crippen molar-refractivity contribution < 1.29 is 23.7 Å². The topological polar surface area (TPSA) is 128 Å². The summed E-state index contributed by atoms with van der Waals surface area (Å²) in [6.07, 6.45) is 3.75. The molecule has 3 atom stereocenters. The summed E-state index contributed by atoms with van der Waals surface area (Å²) in [5, 5.41) is 15.7. The molecule has 1 amide bonds. The highest BCUT2D eigenvalue weighted by Gasteiger charge is 2.41. The normalized spacial score (nSPS) is 19.7. The number of ether oxygens (including phenoxy) is 1. The lowest BCUT2D eigenvalue weighted by Gasteiger charge is -2.45. The van der Waals surface area contributed by atoms with E-state index >= 15 is 0 Å². The van der Waals surface area contributed by atoms with Crippen LogP contribution in [0.4, 0.5) is 0 Å². The van der Waals surface area contributed by atoms with Gasteiger partial charge in [-0.05, 0) is 78.1 Å². The predicted molar refractivity (Wildman–Crippen MR) is 175 cm³/mol. The number of aliphatic hydroxyl groups excluding tert-OH is 1. The molecule has 0 radical (unpaired) electrons. The molecule has 1 saturated carbocycles. The van der Waals surface area contributed by atoms with E-state index in [-0.39, 0.29) is 18.2 Å². The van der Waals surface area contributed by atoms with Crippen LogP contribution >= 0.6 is 23.2 Å². The van der Waals surface area contributed by atoms with Crippen molar-refractivity contribution in [2.24, 2.45) is 5.73 Å². The fourth-order valence-corrected chi connectivity index (χ4v) is 8.18. The van der Waals surface area contributed by atoms with Crippen molar-refractivity contribution in [3.05, 3.63) is 101 Å². The van der Waals surface area contributed by atoms with Gasteiger partial charge in [0.15, 0.2) is 0 Å². The largest absolute Gasteiger partial charge is 0.497 e. The quantitative estimate of drug-likeness (QED) is 0.165. The molecule has 0 aromatic heterocycles. The molecule has 0 bridgehead atoms. The molecule has 1 aliphatic heterocycles. The van der Waals surface area contributed by atoms with E-state index < -0.39 is 34.9 Å². The lowest BCUT2D eigenvalue weighted by atomic mass is 9.82. The molecule has 2 fully saturated rings. The second-order valence-corrected chi connectivity index (χ2v) is 13.7. The minimum atomic E-state index is -3.07. The van der Waals surface area contributed by atoms with E-state index in [9.17, 15) is 19.0 Å². The van der Waals surface area contributed by atoms with Gasteiger partial charge in [0.1, 0.15) is 11.9 Å². The molecule has 3 aromatic carbocycles. The highest BCUT2D eigenvalue weighted by atomic mass is 35.5. The van der Waals surface area contributed by atoms with Gasteiger partial charge in [-0.25, -0.2) is 0 Å². The van der Waals surface area contributed by atoms with Gasteiger partial charge in [-0.3, -0.25) is 19.2 Å². The van der Waals surface area contributed by atoms with Crippen LogP contribution in [0.25, 0.3) is 0 Å². The molecule has 10 heteroatoms. The number of rotatable bonds is 12. The minimum absolute atomic E-state index is 0. The fraction of sp³-hybridized carbons (Fsp3) is 0.424. The van der Waals surface area contributed by atoms with E-state index in [1.807, 2.05) is 60.7 Å². The Bertz CT molecular complexity index is 1360. The maximum absolute atomic E-state index is 12.5. The van der Waals surface area contributed by atoms with Crippen molar-refractivity contribution >= 4 is 29.1 Å². The fourth-order valence-electron chi connectivity index (χ4n) is 6.45. The number of nitrogens with two attached hydrogens (primary N) is 1. The molecule has 3 aromatic rings. The number of aliphatic hydroxyl groups is 1. The van der Waals surface area contributed by atoms with Gasteiger partial charge in [0.25, 0.3) is 0 Å². The molecular weight excluding hydrogens is 586 g/mol. The van der Waals surface area contributed by atoms with E-state index in [0.717, 1.165) is 53.7 Å². The molecule has 1 heterocycles. The van der Waals surface area contributed by atoms with Crippen LogP contribution in [0.5, 0.6) is 5.75 Å². The first-order valence-corrected chi connectivity index (χ1v) is 16.5. The van der Waals surface area contributed by atoms with Crippen LogP contribution < -0.4 is 15.8 Å². The monoisotopic (exact) mass is 629 g/mol. The van der Waals surface area contributed by atoms with Gasteiger partial charge in [-0.15, -0.1) is 23.2 Å². The molecule has 1 aliphatic carbocycles. The summed E-state index contributed by atoms with van der Waals surface area (Å²) in [6.45, 7) is 0.833. The number of benzene rings is 3. The van der Waals surface area contributed by atoms with Crippen molar-refractivity contribution in [3.63, 3.8) is 0 Å². The average Bonchev–Trinajstić information content (AvgIpc) is 3.66. The zero-order valence-corrected chi connectivity index (χ0v) is 26.2. The Hall–Kier alpha value is -2.63. The van der Waals surface area contributed by atoms with E-state index in [1.165, 1.54) is 0 Å². The zero-order valence-electron chi connectivity index (χ0n) is 24.6. The summed E-state index contributed by atoms with van der Waals surface area (Å²) in [4.78, 5) is 12.5. The second kappa shape index (κ2) is 14.9. The molecular formula is C33H44ClN3O5S. The Morgan fingerprint density at radius 2 is 1.74 bits per heavy atom. The summed E-state index contributed by atoms with van der Waals surface area (Å²) in [5.74, 6) is 0.395. The van der Waals surface area contributed by atoms with Crippen molar-refractivity contribution in [1.82, 2.24) is 9.62 Å². The first kappa shape index (κ1) is 33.3. The van der Waals surface area contributed by atoms with Gasteiger partial charge in [-0.1, -0.05) is 61.4 Å². The third-order valence-electron chi connectivity index (χ3n) is 8.68. The molecule has 1 saturated heterocycles. The molecule has 5 rings (SSSR count). The van der Waals surface area contributed by atoms with Crippen molar-refractivity contribution in [1.29, 1.82) is 0 Å². The van der Waals surface area contributed by atoms with Crippen LogP contribution in [0, 0.1) is 0 Å². The van der Waals surface area contributed by atoms with E-state index in [0.29, 0.717) is 37.4 Å². The van der Waals surface area contributed by atoms with Crippen LogP contribution in [-0.2, 0) is 13.0 Å². The summed E-state index contributed by atoms with van der Waals surface area (Å²) in [7, 11) is -1.45. The van der Waals surface area contributed by atoms with Crippen molar-refractivity contribution in [2.75, 3.05) is 19.4 Å². The zero-order chi connectivity index (χ0) is 29.7. The predicted octanol–water partition coefficient (Wildman–Crippen LogP) is 6.05. The molecule has 234 valence electrons. The minimum Gasteiger partial charge on any atom is -0.497 e. The highest BCUT2D eigenvalue weighted by molar-refractivity contribution is 8.22. The van der Waals surface area contributed by atoms with Gasteiger partial charge in [0.05, 0.1) is 19.0 Å². The Morgan fingerprint density at radius 3 is 2.40 bits per heavy atom. The Kier molecular flexibility index (Phi) is 11.5. The molecule has 43 heavy (non-hydrogen) atoms. The Balaban J connectivity index is 0.00000423. The van der Waals surface area contributed by atoms with Crippen molar-refractivity contribution in [3.8, 4) is 5.75 Å². The number of nitrogens with zero attached hydrogens (tertiary/aromatic N) is 1. The number of halogens is 1. The van der Waals surface area contributed by atoms with Gasteiger partial charge in [0.2, 0.25) is 5.91 Å². The van der Waals surface area contributed by atoms with Gasteiger partial charge < -0.3 is 15.6 Å². The smallest absolute Gasteiger partial charge is 0.248 e. The van der Waals surface area contributed by atoms with E-state index in [2.05, 4.69) is 11.4 Å². The van der Waals surface area contributed by atoms with Crippen molar-refractivity contribution in [2.45, 2.75) is 69.2 Å². The maximum Gasteiger partial charge on any atom is 0.248 e. The second-order valence-electron chi connectivity index (χ2n) is 11.5. The third kappa shape index (κ3) is 8.10. The average molecular weight is 630 g/mol. The van der Waals surface area contributed by atoms with Gasteiger partial charge in [0, 0.05) is 24.6 Å². The first-order chi connectivity index (χ1) is 20.2. The number of carbonyl (C=O) groups is 1. The van der Waals surface area contributed by atoms with Crippen LogP contribution in [0.3, 0.4) is 0 Å². The molecule has 6 N–H and O–H groups in total. The maximum atomic E-state index is 12.5. The number of nitrogens with one attached hydrogen (secondary N) is 1. The molecule has 1 unspecified atom stereocenters. The van der Waals surface area contributed by atoms with E-state index in [4.69, 9.17) is 10.5 Å². The number of amides is 1. The van der Waals surface area contributed by atoms with Gasteiger partial charge >= 0.3 is 0 Å². The van der Waals surface area contributed by atoms with Crippen LogP contribution in [0.2, 0.25) is 0 Å². The number of carbonyl (C=O) groups excluding carboxylic acids is 1. The third-order valence-corrected chi connectivity index (χ3v) is 10.7. The number of methoxy groups -OCH3 is 1. The van der Waals surface area contributed by atoms with Crippen LogP contribution in [-0.4, -0.2) is 56.1 Å². The summed E-state index contributed by atoms with van der Waals surface area (Å²) < 4.78 is 29.1. The Labute approximate surface area is 262 Å². The molecule has 0 spiro atoms. The molecule has 8 nitrogen and oxygen atoms in total. The number of hydrogen-bond acceptors (Lipinski definition) is 7. The number of hydrogen-bond donors (Lipinski definition) is 5. The van der Waals surface area contributed by atoms with Gasteiger partial charge in [-0.2, -0.15) is 4.31 Å². The lowest BCUT2D eigenvalue weighted by Crippen LogP contribution is -2.54. The highest BCUT2D eigenvalue weighted by Crippen LogP contribution is 2.50.